The molecule has 2 rings (SSSR count). The topological polar surface area (TPSA) is 67.3 Å². The molecule has 0 aromatic carbocycles. The number of nitrogens with zero attached hydrogens (tertiary/aromatic N) is 2. The molecule has 0 aliphatic heterocycles. The molecule has 0 saturated heterocycles. The summed E-state index contributed by atoms with van der Waals surface area (Å²) in [4.78, 5) is 8.09. The Bertz CT molecular complexity index is 444. The normalized spacial score (nSPS) is 12.1. The van der Waals surface area contributed by atoms with Crippen molar-refractivity contribution in [2.75, 3.05) is 19.0 Å². The zero-order valence-corrected chi connectivity index (χ0v) is 10.1. The Morgan fingerprint density at radius 1 is 1.47 bits per heavy atom. The summed E-state index contributed by atoms with van der Waals surface area (Å²) in [6.07, 6.45) is 2.60. The highest BCUT2D eigenvalue weighted by atomic mass is 32.1. The van der Waals surface area contributed by atoms with E-state index in [9.17, 15) is 5.11 Å². The van der Waals surface area contributed by atoms with Crippen LogP contribution in [0, 0.1) is 0 Å². The molecule has 90 valence electrons. The van der Waals surface area contributed by atoms with E-state index in [4.69, 9.17) is 4.74 Å². The van der Waals surface area contributed by atoms with Crippen molar-refractivity contribution in [2.45, 2.75) is 6.10 Å². The number of nitrogens with one attached hydrogen (secondary N) is 1. The second-order valence-corrected chi connectivity index (χ2v) is 4.18. The molecule has 17 heavy (non-hydrogen) atoms. The van der Waals surface area contributed by atoms with E-state index in [1.807, 2.05) is 16.8 Å². The van der Waals surface area contributed by atoms with Crippen molar-refractivity contribution >= 4 is 17.3 Å². The maximum Gasteiger partial charge on any atom is 0.222 e. The predicted octanol–water partition coefficient (Wildman–Crippen LogP) is 1.69. The molecule has 1 atom stereocenters. The van der Waals surface area contributed by atoms with Gasteiger partial charge in [0, 0.05) is 6.54 Å². The van der Waals surface area contributed by atoms with Crippen molar-refractivity contribution in [3.05, 3.63) is 34.8 Å². The van der Waals surface area contributed by atoms with Crippen LogP contribution >= 0.6 is 11.3 Å². The molecular weight excluding hydrogens is 238 g/mol. The standard InChI is InChI=1S/C11H13N3O2S/c1-16-9-4-12-11(13-5-9)14-6-10(15)8-2-3-17-7-8/h2-5,7,10,15H,6H2,1H3,(H,12,13,14). The van der Waals surface area contributed by atoms with E-state index < -0.39 is 6.10 Å². The highest BCUT2D eigenvalue weighted by Gasteiger charge is 2.08. The molecule has 0 aliphatic rings. The van der Waals surface area contributed by atoms with E-state index >= 15 is 0 Å². The average molecular weight is 251 g/mol. The molecule has 0 aliphatic carbocycles. The van der Waals surface area contributed by atoms with Crippen LogP contribution in [0.2, 0.25) is 0 Å². The number of hydrogen-bond donors (Lipinski definition) is 2. The van der Waals surface area contributed by atoms with Crippen LogP contribution in [0.3, 0.4) is 0 Å². The zero-order valence-electron chi connectivity index (χ0n) is 9.33. The summed E-state index contributed by atoms with van der Waals surface area (Å²) in [5.41, 5.74) is 0.899. The van der Waals surface area contributed by atoms with Crippen LogP contribution in [0.1, 0.15) is 11.7 Å². The Kier molecular flexibility index (Phi) is 3.89. The number of rotatable bonds is 5. The lowest BCUT2D eigenvalue weighted by Gasteiger charge is -2.10. The first-order valence-corrected chi connectivity index (χ1v) is 6.04. The molecular formula is C11H13N3O2S. The van der Waals surface area contributed by atoms with E-state index in [0.29, 0.717) is 18.2 Å². The molecule has 0 radical (unpaired) electrons. The molecule has 0 spiro atoms. The van der Waals surface area contributed by atoms with Crippen molar-refractivity contribution in [2.24, 2.45) is 0 Å². The van der Waals surface area contributed by atoms with E-state index in [2.05, 4.69) is 15.3 Å². The van der Waals surface area contributed by atoms with Gasteiger partial charge >= 0.3 is 0 Å². The number of aromatic nitrogens is 2. The fourth-order valence-electron chi connectivity index (χ4n) is 1.28. The molecule has 2 aromatic heterocycles. The van der Waals surface area contributed by atoms with Gasteiger partial charge in [-0.3, -0.25) is 0 Å². The van der Waals surface area contributed by atoms with Gasteiger partial charge in [0.25, 0.3) is 0 Å². The lowest BCUT2D eigenvalue weighted by atomic mass is 10.2. The Morgan fingerprint density at radius 3 is 2.82 bits per heavy atom. The fourth-order valence-corrected chi connectivity index (χ4v) is 1.99. The molecule has 0 saturated carbocycles. The van der Waals surface area contributed by atoms with Crippen LogP contribution in [-0.2, 0) is 0 Å². The first kappa shape index (κ1) is 11.8. The maximum atomic E-state index is 9.84. The number of thiophene rings is 1. The van der Waals surface area contributed by atoms with Gasteiger partial charge in [-0.1, -0.05) is 0 Å². The van der Waals surface area contributed by atoms with Gasteiger partial charge in [0.1, 0.15) is 0 Å². The third-order valence-corrected chi connectivity index (χ3v) is 2.95. The highest BCUT2D eigenvalue weighted by Crippen LogP contribution is 2.16. The third-order valence-electron chi connectivity index (χ3n) is 2.25. The van der Waals surface area contributed by atoms with Crippen LogP contribution in [0.15, 0.2) is 29.2 Å². The molecule has 6 heteroatoms. The second kappa shape index (κ2) is 5.60. The molecule has 5 nitrogen and oxygen atoms in total. The molecule has 1 unspecified atom stereocenters. The van der Waals surface area contributed by atoms with E-state index in [-0.39, 0.29) is 0 Å². The third kappa shape index (κ3) is 3.15. The van der Waals surface area contributed by atoms with E-state index in [1.54, 1.807) is 30.8 Å². The maximum absolute atomic E-state index is 9.84. The van der Waals surface area contributed by atoms with Crippen molar-refractivity contribution in [3.8, 4) is 5.75 Å². The van der Waals surface area contributed by atoms with Gasteiger partial charge in [0.15, 0.2) is 5.75 Å². The number of hydrogen-bond acceptors (Lipinski definition) is 6. The molecule has 0 fully saturated rings. The lowest BCUT2D eigenvalue weighted by Crippen LogP contribution is -2.13. The van der Waals surface area contributed by atoms with Gasteiger partial charge in [0.2, 0.25) is 5.95 Å². The molecule has 2 aromatic rings. The minimum absolute atomic E-state index is 0.378. The van der Waals surface area contributed by atoms with Gasteiger partial charge < -0.3 is 15.2 Å². The smallest absolute Gasteiger partial charge is 0.222 e. The highest BCUT2D eigenvalue weighted by molar-refractivity contribution is 7.07. The summed E-state index contributed by atoms with van der Waals surface area (Å²) in [5, 5.41) is 16.6. The predicted molar refractivity (Wildman–Crippen MR) is 66.4 cm³/mol. The minimum Gasteiger partial charge on any atom is -0.494 e. The summed E-state index contributed by atoms with van der Waals surface area (Å²) >= 11 is 1.56. The van der Waals surface area contributed by atoms with Crippen molar-refractivity contribution < 1.29 is 9.84 Å². The number of aliphatic hydroxyl groups excluding tert-OH is 1. The molecule has 2 heterocycles. The van der Waals surface area contributed by atoms with E-state index in [1.165, 1.54) is 0 Å². The van der Waals surface area contributed by atoms with Gasteiger partial charge in [0.05, 0.1) is 25.6 Å². The summed E-state index contributed by atoms with van der Waals surface area (Å²) in [5.74, 6) is 1.08. The SMILES string of the molecule is COc1cnc(NCC(O)c2ccsc2)nc1. The van der Waals surface area contributed by atoms with Crippen LogP contribution in [-0.4, -0.2) is 28.7 Å². The summed E-state index contributed by atoms with van der Waals surface area (Å²) < 4.78 is 4.95. The van der Waals surface area contributed by atoms with Gasteiger partial charge in [-0.2, -0.15) is 11.3 Å². The number of methoxy groups -OCH3 is 1. The minimum atomic E-state index is -0.549. The first-order chi connectivity index (χ1) is 8.29. The largest absolute Gasteiger partial charge is 0.494 e. The molecule has 0 bridgehead atoms. The van der Waals surface area contributed by atoms with Crippen LogP contribution in [0.25, 0.3) is 0 Å². The monoisotopic (exact) mass is 251 g/mol. The Hall–Kier alpha value is -1.66. The lowest BCUT2D eigenvalue weighted by molar-refractivity contribution is 0.192. The zero-order chi connectivity index (χ0) is 12.1. The molecule has 0 amide bonds. The summed E-state index contributed by atoms with van der Waals surface area (Å²) in [6.45, 7) is 0.378. The van der Waals surface area contributed by atoms with Gasteiger partial charge in [-0.05, 0) is 22.4 Å². The van der Waals surface area contributed by atoms with Crippen molar-refractivity contribution in [1.82, 2.24) is 9.97 Å². The fraction of sp³-hybridized carbons (Fsp3) is 0.273. The van der Waals surface area contributed by atoms with Crippen LogP contribution in [0.4, 0.5) is 5.95 Å². The van der Waals surface area contributed by atoms with Crippen molar-refractivity contribution in [3.63, 3.8) is 0 Å². The van der Waals surface area contributed by atoms with Crippen LogP contribution < -0.4 is 10.1 Å². The van der Waals surface area contributed by atoms with Gasteiger partial charge in [-0.15, -0.1) is 0 Å². The Morgan fingerprint density at radius 2 is 2.24 bits per heavy atom. The Balaban J connectivity index is 1.89. The summed E-state index contributed by atoms with van der Waals surface area (Å²) in [6, 6.07) is 1.89. The second-order valence-electron chi connectivity index (χ2n) is 3.40. The quantitative estimate of drug-likeness (QED) is 0.846. The first-order valence-electron chi connectivity index (χ1n) is 5.09. The summed E-state index contributed by atoms with van der Waals surface area (Å²) in [7, 11) is 1.56. The Labute approximate surface area is 103 Å². The molecule has 2 N–H and O–H groups in total. The van der Waals surface area contributed by atoms with Crippen molar-refractivity contribution in [1.29, 1.82) is 0 Å². The van der Waals surface area contributed by atoms with Gasteiger partial charge in [-0.25, -0.2) is 9.97 Å². The van der Waals surface area contributed by atoms with Crippen LogP contribution in [0.5, 0.6) is 5.75 Å². The van der Waals surface area contributed by atoms with E-state index in [0.717, 1.165) is 5.56 Å². The number of aliphatic hydroxyl groups is 1. The number of ether oxygens (including phenoxy) is 1. The number of anilines is 1. The average Bonchev–Trinajstić information content (AvgIpc) is 2.90.